The molecule has 0 aromatic heterocycles. The second-order valence-corrected chi connectivity index (χ2v) is 4.06. The van der Waals surface area contributed by atoms with Gasteiger partial charge in [0.05, 0.1) is 13.2 Å². The first kappa shape index (κ1) is 13.2. The Bertz CT molecular complexity index is 243. The van der Waals surface area contributed by atoms with Crippen molar-refractivity contribution in [2.24, 2.45) is 11.8 Å². The summed E-state index contributed by atoms with van der Waals surface area (Å²) in [4.78, 5) is 23.7. The summed E-state index contributed by atoms with van der Waals surface area (Å²) < 4.78 is 10.1. The van der Waals surface area contributed by atoms with Gasteiger partial charge in [0.1, 0.15) is 5.92 Å². The van der Waals surface area contributed by atoms with E-state index in [1.54, 1.807) is 6.92 Å². The molecule has 1 fully saturated rings. The quantitative estimate of drug-likeness (QED) is 0.511. The molecular formula is C12H20O4. The van der Waals surface area contributed by atoms with Gasteiger partial charge >= 0.3 is 5.97 Å². The van der Waals surface area contributed by atoms with Crippen LogP contribution in [-0.4, -0.2) is 31.6 Å². The zero-order chi connectivity index (χ0) is 12.0. The Morgan fingerprint density at radius 1 is 1.44 bits per heavy atom. The highest BCUT2D eigenvalue weighted by molar-refractivity contribution is 6.00. The molecule has 4 heteroatoms. The molecule has 4 nitrogen and oxygen atoms in total. The van der Waals surface area contributed by atoms with E-state index in [9.17, 15) is 9.59 Å². The normalized spacial score (nSPS) is 21.8. The summed E-state index contributed by atoms with van der Waals surface area (Å²) in [5, 5.41) is 0. The second-order valence-electron chi connectivity index (χ2n) is 4.06. The average molecular weight is 228 g/mol. The van der Waals surface area contributed by atoms with E-state index in [0.29, 0.717) is 26.2 Å². The summed E-state index contributed by atoms with van der Waals surface area (Å²) in [6.45, 7) is 5.12. The lowest BCUT2D eigenvalue weighted by Crippen LogP contribution is -2.31. The minimum absolute atomic E-state index is 0.00204. The lowest BCUT2D eigenvalue weighted by molar-refractivity contribution is -0.152. The SMILES string of the molecule is CCCC(C(=O)OCC)C(=O)C1CCOC1. The third kappa shape index (κ3) is 3.30. The number of hydrogen-bond acceptors (Lipinski definition) is 4. The lowest BCUT2D eigenvalue weighted by Gasteiger charge is -2.16. The summed E-state index contributed by atoms with van der Waals surface area (Å²) in [7, 11) is 0. The van der Waals surface area contributed by atoms with Crippen LogP contribution in [0.2, 0.25) is 0 Å². The number of ketones is 1. The van der Waals surface area contributed by atoms with E-state index in [2.05, 4.69) is 0 Å². The van der Waals surface area contributed by atoms with Gasteiger partial charge in [-0.1, -0.05) is 13.3 Å². The summed E-state index contributed by atoms with van der Waals surface area (Å²) in [5.74, 6) is -1.07. The Morgan fingerprint density at radius 2 is 2.19 bits per heavy atom. The fourth-order valence-corrected chi connectivity index (χ4v) is 1.95. The molecule has 1 heterocycles. The molecule has 0 aromatic rings. The number of carbonyl (C=O) groups is 2. The monoisotopic (exact) mass is 228 g/mol. The smallest absolute Gasteiger partial charge is 0.316 e. The van der Waals surface area contributed by atoms with Crippen LogP contribution in [0.3, 0.4) is 0 Å². The Hall–Kier alpha value is -0.900. The molecule has 1 saturated heterocycles. The number of rotatable bonds is 6. The fraction of sp³-hybridized carbons (Fsp3) is 0.833. The van der Waals surface area contributed by atoms with Crippen LogP contribution in [0.25, 0.3) is 0 Å². The molecule has 2 atom stereocenters. The van der Waals surface area contributed by atoms with Crippen molar-refractivity contribution in [2.75, 3.05) is 19.8 Å². The molecule has 0 aromatic carbocycles. The van der Waals surface area contributed by atoms with E-state index in [1.807, 2.05) is 6.92 Å². The van der Waals surface area contributed by atoms with Crippen LogP contribution < -0.4 is 0 Å². The molecule has 0 radical (unpaired) electrons. The molecule has 1 aliphatic heterocycles. The highest BCUT2D eigenvalue weighted by Gasteiger charge is 2.34. The Morgan fingerprint density at radius 3 is 2.69 bits per heavy atom. The number of ether oxygens (including phenoxy) is 2. The third-order valence-corrected chi connectivity index (χ3v) is 2.82. The average Bonchev–Trinajstić information content (AvgIpc) is 2.78. The van der Waals surface area contributed by atoms with Gasteiger partial charge < -0.3 is 9.47 Å². The van der Waals surface area contributed by atoms with Crippen molar-refractivity contribution >= 4 is 11.8 Å². The van der Waals surface area contributed by atoms with Gasteiger partial charge in [-0.15, -0.1) is 0 Å². The minimum atomic E-state index is -0.586. The number of carbonyl (C=O) groups excluding carboxylic acids is 2. The number of esters is 1. The number of Topliss-reactive ketones (excluding diaryl/α,β-unsaturated/α-hetero) is 1. The maximum absolute atomic E-state index is 12.1. The first-order valence-electron chi connectivity index (χ1n) is 5.98. The molecule has 0 bridgehead atoms. The van der Waals surface area contributed by atoms with Crippen molar-refractivity contribution in [2.45, 2.75) is 33.1 Å². The van der Waals surface area contributed by atoms with E-state index in [0.717, 1.165) is 12.8 Å². The van der Waals surface area contributed by atoms with Crippen molar-refractivity contribution in [3.05, 3.63) is 0 Å². The first-order chi connectivity index (χ1) is 7.70. The van der Waals surface area contributed by atoms with E-state index < -0.39 is 5.92 Å². The van der Waals surface area contributed by atoms with Crippen molar-refractivity contribution < 1.29 is 19.1 Å². The Labute approximate surface area is 96.3 Å². The van der Waals surface area contributed by atoms with Crippen LogP contribution in [0.4, 0.5) is 0 Å². The summed E-state index contributed by atoms with van der Waals surface area (Å²) in [5.41, 5.74) is 0. The van der Waals surface area contributed by atoms with Gasteiger partial charge in [0.2, 0.25) is 0 Å². The van der Waals surface area contributed by atoms with Gasteiger partial charge in [-0.05, 0) is 19.8 Å². The predicted octanol–water partition coefficient (Wildman–Crippen LogP) is 1.57. The van der Waals surface area contributed by atoms with Crippen LogP contribution in [0.15, 0.2) is 0 Å². The van der Waals surface area contributed by atoms with E-state index >= 15 is 0 Å². The van der Waals surface area contributed by atoms with Crippen molar-refractivity contribution in [3.63, 3.8) is 0 Å². The van der Waals surface area contributed by atoms with Crippen molar-refractivity contribution in [3.8, 4) is 0 Å². The zero-order valence-electron chi connectivity index (χ0n) is 10.0. The van der Waals surface area contributed by atoms with E-state index in [4.69, 9.17) is 9.47 Å². The second kappa shape index (κ2) is 6.63. The topological polar surface area (TPSA) is 52.6 Å². The molecule has 1 rings (SSSR count). The Balaban J connectivity index is 2.60. The summed E-state index contributed by atoms with van der Waals surface area (Å²) >= 11 is 0. The van der Waals surface area contributed by atoms with Crippen molar-refractivity contribution in [1.29, 1.82) is 0 Å². The molecule has 0 saturated carbocycles. The molecule has 0 aliphatic carbocycles. The zero-order valence-corrected chi connectivity index (χ0v) is 10.0. The van der Waals surface area contributed by atoms with Gasteiger partial charge in [0.15, 0.2) is 5.78 Å². The van der Waals surface area contributed by atoms with Crippen LogP contribution in [-0.2, 0) is 19.1 Å². The third-order valence-electron chi connectivity index (χ3n) is 2.82. The molecule has 16 heavy (non-hydrogen) atoms. The standard InChI is InChI=1S/C12H20O4/c1-3-5-10(12(14)16-4-2)11(13)9-6-7-15-8-9/h9-10H,3-8H2,1-2H3. The first-order valence-corrected chi connectivity index (χ1v) is 5.98. The summed E-state index contributed by atoms with van der Waals surface area (Å²) in [6, 6.07) is 0. The van der Waals surface area contributed by atoms with E-state index in [1.165, 1.54) is 0 Å². The molecule has 2 unspecified atom stereocenters. The molecule has 0 N–H and O–H groups in total. The Kier molecular flexibility index (Phi) is 5.46. The van der Waals surface area contributed by atoms with Gasteiger partial charge in [-0.2, -0.15) is 0 Å². The van der Waals surface area contributed by atoms with Crippen LogP contribution in [0.1, 0.15) is 33.1 Å². The van der Waals surface area contributed by atoms with Crippen LogP contribution in [0.5, 0.6) is 0 Å². The highest BCUT2D eigenvalue weighted by Crippen LogP contribution is 2.21. The molecular weight excluding hydrogens is 208 g/mol. The molecule has 0 amide bonds. The van der Waals surface area contributed by atoms with Crippen LogP contribution >= 0.6 is 0 Å². The van der Waals surface area contributed by atoms with Gasteiger partial charge in [-0.25, -0.2) is 0 Å². The molecule has 0 spiro atoms. The fourth-order valence-electron chi connectivity index (χ4n) is 1.95. The largest absolute Gasteiger partial charge is 0.465 e. The lowest BCUT2D eigenvalue weighted by atomic mass is 9.89. The number of hydrogen-bond donors (Lipinski definition) is 0. The predicted molar refractivity (Wildman–Crippen MR) is 59.0 cm³/mol. The molecule has 1 aliphatic rings. The molecule has 92 valence electrons. The maximum Gasteiger partial charge on any atom is 0.316 e. The van der Waals surface area contributed by atoms with Gasteiger partial charge in [-0.3, -0.25) is 9.59 Å². The van der Waals surface area contributed by atoms with Crippen LogP contribution in [0, 0.1) is 11.8 Å². The van der Waals surface area contributed by atoms with E-state index in [-0.39, 0.29) is 17.7 Å². The van der Waals surface area contributed by atoms with Crippen molar-refractivity contribution in [1.82, 2.24) is 0 Å². The summed E-state index contributed by atoms with van der Waals surface area (Å²) in [6.07, 6.45) is 2.12. The minimum Gasteiger partial charge on any atom is -0.465 e. The maximum atomic E-state index is 12.1. The highest BCUT2D eigenvalue weighted by atomic mass is 16.5. The van der Waals surface area contributed by atoms with Gasteiger partial charge in [0.25, 0.3) is 0 Å². The van der Waals surface area contributed by atoms with Gasteiger partial charge in [0, 0.05) is 12.5 Å².